The number of ketones is 1. The Bertz CT molecular complexity index is 1060. The number of rotatable bonds is 7. The van der Waals surface area contributed by atoms with Crippen molar-refractivity contribution in [2.75, 3.05) is 19.5 Å². The van der Waals surface area contributed by atoms with Crippen molar-refractivity contribution >= 4 is 23.6 Å². The van der Waals surface area contributed by atoms with E-state index in [9.17, 15) is 27.2 Å². The van der Waals surface area contributed by atoms with E-state index < -0.39 is 35.1 Å². The zero-order chi connectivity index (χ0) is 23.5. The number of carbonyl (C=O) groups is 2. The maximum atomic E-state index is 13.7. The van der Waals surface area contributed by atoms with E-state index in [2.05, 4.69) is 10.6 Å². The summed E-state index contributed by atoms with van der Waals surface area (Å²) in [5, 5.41) is 5.20. The smallest absolute Gasteiger partial charge is 0.420 e. The fraction of sp³-hybridized carbons (Fsp3) is 0.273. The van der Waals surface area contributed by atoms with Gasteiger partial charge in [0.2, 0.25) is 0 Å². The number of nitrogens with one attached hydrogen (secondary N) is 2. The molecule has 1 aliphatic rings. The summed E-state index contributed by atoms with van der Waals surface area (Å²) in [6, 6.07) is 4.91. The molecule has 10 heteroatoms. The first-order valence-electron chi connectivity index (χ1n) is 9.55. The standard InChI is InChI=1S/C22H20F4N2O4/c1-31-19-10-13(9-16(20(19)32-2)22(24,25)26)18(29)8-4-12-3-5-14(23)11-17(12)28-21(30)27-15-6-7-15/h3-5,8-11,15H,6-7H2,1-2H3,(H2,27,28,30)/b8-4+. The quantitative estimate of drug-likeness (QED) is 0.351. The molecule has 0 aromatic heterocycles. The van der Waals surface area contributed by atoms with Gasteiger partial charge in [-0.25, -0.2) is 9.18 Å². The van der Waals surface area contributed by atoms with Gasteiger partial charge in [-0.15, -0.1) is 0 Å². The Hall–Kier alpha value is -3.56. The van der Waals surface area contributed by atoms with Crippen LogP contribution in [0.2, 0.25) is 0 Å². The van der Waals surface area contributed by atoms with Crippen LogP contribution in [0.1, 0.15) is 34.3 Å². The Labute approximate surface area is 181 Å². The van der Waals surface area contributed by atoms with Crippen molar-refractivity contribution in [3.63, 3.8) is 0 Å². The summed E-state index contributed by atoms with van der Waals surface area (Å²) in [7, 11) is 2.22. The van der Waals surface area contributed by atoms with Crippen LogP contribution in [0.15, 0.2) is 36.4 Å². The number of methoxy groups -OCH3 is 2. The van der Waals surface area contributed by atoms with Crippen molar-refractivity contribution in [3.05, 3.63) is 58.9 Å². The highest BCUT2D eigenvalue weighted by molar-refractivity contribution is 6.08. The van der Waals surface area contributed by atoms with Crippen LogP contribution in [-0.2, 0) is 6.18 Å². The molecule has 2 aromatic rings. The molecule has 0 atom stereocenters. The second kappa shape index (κ2) is 9.29. The number of allylic oxidation sites excluding steroid dienone is 1. The molecule has 2 N–H and O–H groups in total. The zero-order valence-corrected chi connectivity index (χ0v) is 17.2. The van der Waals surface area contributed by atoms with Gasteiger partial charge in [-0.3, -0.25) is 4.79 Å². The number of amides is 2. The summed E-state index contributed by atoms with van der Waals surface area (Å²) in [6.45, 7) is 0. The second-order valence-electron chi connectivity index (χ2n) is 7.06. The number of urea groups is 1. The topological polar surface area (TPSA) is 76.7 Å². The maximum absolute atomic E-state index is 13.7. The van der Waals surface area contributed by atoms with Gasteiger partial charge >= 0.3 is 12.2 Å². The fourth-order valence-corrected chi connectivity index (χ4v) is 2.93. The number of carbonyl (C=O) groups excluding carboxylic acids is 2. The van der Waals surface area contributed by atoms with Crippen molar-refractivity contribution in [3.8, 4) is 11.5 Å². The number of anilines is 1. The molecule has 1 fully saturated rings. The molecule has 170 valence electrons. The molecular formula is C22H20F4N2O4. The SMILES string of the molecule is COc1cc(C(=O)/C=C/c2ccc(F)cc2NC(=O)NC2CC2)cc(C(F)(F)F)c1OC. The Morgan fingerprint density at radius 2 is 1.81 bits per heavy atom. The highest BCUT2D eigenvalue weighted by Crippen LogP contribution is 2.42. The fourth-order valence-electron chi connectivity index (χ4n) is 2.93. The molecule has 0 aliphatic heterocycles. The van der Waals surface area contributed by atoms with Crippen LogP contribution in [0.5, 0.6) is 11.5 Å². The van der Waals surface area contributed by atoms with E-state index in [1.807, 2.05) is 0 Å². The van der Waals surface area contributed by atoms with Crippen LogP contribution in [-0.4, -0.2) is 32.1 Å². The summed E-state index contributed by atoms with van der Waals surface area (Å²) in [5.41, 5.74) is -1.04. The highest BCUT2D eigenvalue weighted by atomic mass is 19.4. The monoisotopic (exact) mass is 452 g/mol. The lowest BCUT2D eigenvalue weighted by atomic mass is 10.0. The third-order valence-corrected chi connectivity index (χ3v) is 4.66. The summed E-state index contributed by atoms with van der Waals surface area (Å²) < 4.78 is 63.6. The summed E-state index contributed by atoms with van der Waals surface area (Å²) >= 11 is 0. The predicted octanol–water partition coefficient (Wildman–Crippen LogP) is 5.04. The van der Waals surface area contributed by atoms with Gasteiger partial charge in [0.15, 0.2) is 17.3 Å². The molecule has 2 amide bonds. The van der Waals surface area contributed by atoms with E-state index >= 15 is 0 Å². The van der Waals surface area contributed by atoms with Crippen LogP contribution in [0.25, 0.3) is 6.08 Å². The van der Waals surface area contributed by atoms with Gasteiger partial charge in [-0.1, -0.05) is 0 Å². The Morgan fingerprint density at radius 1 is 1.09 bits per heavy atom. The molecule has 2 aromatic carbocycles. The first kappa shape index (κ1) is 23.1. The maximum Gasteiger partial charge on any atom is 0.420 e. The van der Waals surface area contributed by atoms with Gasteiger partial charge in [0, 0.05) is 11.6 Å². The average molecular weight is 452 g/mol. The summed E-state index contributed by atoms with van der Waals surface area (Å²) in [4.78, 5) is 24.6. The molecule has 1 saturated carbocycles. The van der Waals surface area contributed by atoms with E-state index in [0.29, 0.717) is 11.6 Å². The third kappa shape index (κ3) is 5.57. The summed E-state index contributed by atoms with van der Waals surface area (Å²) in [5.74, 6) is -2.15. The third-order valence-electron chi connectivity index (χ3n) is 4.66. The molecule has 0 bridgehead atoms. The number of halogens is 4. The van der Waals surface area contributed by atoms with Crippen molar-refractivity contribution in [2.45, 2.75) is 25.1 Å². The minimum Gasteiger partial charge on any atom is -0.493 e. The minimum atomic E-state index is -4.78. The second-order valence-corrected chi connectivity index (χ2v) is 7.06. The van der Waals surface area contributed by atoms with Crippen LogP contribution in [0.3, 0.4) is 0 Å². The van der Waals surface area contributed by atoms with Gasteiger partial charge in [0.05, 0.1) is 19.9 Å². The Kier molecular flexibility index (Phi) is 6.71. The Balaban J connectivity index is 1.88. The first-order valence-corrected chi connectivity index (χ1v) is 9.55. The molecule has 0 radical (unpaired) electrons. The van der Waals surface area contributed by atoms with E-state index in [0.717, 1.165) is 51.3 Å². The largest absolute Gasteiger partial charge is 0.493 e. The lowest BCUT2D eigenvalue weighted by Crippen LogP contribution is -2.30. The number of ether oxygens (including phenoxy) is 2. The number of alkyl halides is 3. The lowest BCUT2D eigenvalue weighted by Gasteiger charge is -2.16. The molecular weight excluding hydrogens is 432 g/mol. The van der Waals surface area contributed by atoms with Gasteiger partial charge < -0.3 is 20.1 Å². The molecule has 32 heavy (non-hydrogen) atoms. The van der Waals surface area contributed by atoms with Gasteiger partial charge in [0.1, 0.15) is 11.4 Å². The number of hydrogen-bond donors (Lipinski definition) is 2. The molecule has 6 nitrogen and oxygen atoms in total. The normalized spacial score (nSPS) is 13.7. The van der Waals surface area contributed by atoms with Crippen LogP contribution in [0, 0.1) is 5.82 Å². The molecule has 0 unspecified atom stereocenters. The van der Waals surface area contributed by atoms with Gasteiger partial charge in [-0.05, 0) is 60.9 Å². The van der Waals surface area contributed by atoms with Crippen LogP contribution >= 0.6 is 0 Å². The highest BCUT2D eigenvalue weighted by Gasteiger charge is 2.37. The van der Waals surface area contributed by atoms with Crippen LogP contribution in [0.4, 0.5) is 28.0 Å². The van der Waals surface area contributed by atoms with Gasteiger partial charge in [0.25, 0.3) is 0 Å². The van der Waals surface area contributed by atoms with E-state index in [-0.39, 0.29) is 23.0 Å². The number of benzene rings is 2. The molecule has 0 heterocycles. The average Bonchev–Trinajstić information content (AvgIpc) is 3.54. The molecule has 0 spiro atoms. The molecule has 0 saturated heterocycles. The van der Waals surface area contributed by atoms with Crippen molar-refractivity contribution in [1.29, 1.82) is 0 Å². The van der Waals surface area contributed by atoms with Crippen molar-refractivity contribution in [1.82, 2.24) is 5.32 Å². The van der Waals surface area contributed by atoms with Gasteiger partial charge in [-0.2, -0.15) is 13.2 Å². The number of hydrogen-bond acceptors (Lipinski definition) is 4. The van der Waals surface area contributed by atoms with Crippen molar-refractivity contribution < 1.29 is 36.6 Å². The summed E-state index contributed by atoms with van der Waals surface area (Å²) in [6.07, 6.45) is -0.745. The predicted molar refractivity (Wildman–Crippen MR) is 109 cm³/mol. The lowest BCUT2D eigenvalue weighted by molar-refractivity contribution is -0.138. The van der Waals surface area contributed by atoms with Crippen LogP contribution < -0.4 is 20.1 Å². The van der Waals surface area contributed by atoms with Crippen molar-refractivity contribution in [2.24, 2.45) is 0 Å². The molecule has 3 rings (SSSR count). The van der Waals surface area contributed by atoms with E-state index in [1.165, 1.54) is 12.1 Å². The first-order chi connectivity index (χ1) is 15.1. The zero-order valence-electron chi connectivity index (χ0n) is 17.2. The Morgan fingerprint density at radius 3 is 2.41 bits per heavy atom. The van der Waals surface area contributed by atoms with E-state index in [4.69, 9.17) is 9.47 Å². The molecule has 1 aliphatic carbocycles. The minimum absolute atomic E-state index is 0.0806. The van der Waals surface area contributed by atoms with E-state index in [1.54, 1.807) is 0 Å².